The van der Waals surface area contributed by atoms with Crippen molar-refractivity contribution in [2.75, 3.05) is 7.05 Å². The standard InChI is InChI=1S/C20H24ClFN2O2.ClH/c1-4-17(24-13(2)12-18(25)23-3)15-10-11-16(21)20(19(15)22)26-14-8-6-5-7-9-14;/h5-11,13,17,24H,4,12H2,1-3H3,(H,23,25);1H/t13-,17+;/m0./s1. The molecule has 2 rings (SSSR count). The summed E-state index contributed by atoms with van der Waals surface area (Å²) in [4.78, 5) is 11.5. The van der Waals surface area contributed by atoms with E-state index in [1.807, 2.05) is 32.0 Å². The lowest BCUT2D eigenvalue weighted by molar-refractivity contribution is -0.121. The average Bonchev–Trinajstić information content (AvgIpc) is 2.64. The van der Waals surface area contributed by atoms with Gasteiger partial charge in [-0.25, -0.2) is 4.39 Å². The number of amides is 1. The van der Waals surface area contributed by atoms with Crippen LogP contribution in [0.1, 0.15) is 38.3 Å². The van der Waals surface area contributed by atoms with Crippen molar-refractivity contribution >= 4 is 29.9 Å². The number of carbonyl (C=O) groups is 1. The maximum Gasteiger partial charge on any atom is 0.221 e. The van der Waals surface area contributed by atoms with Gasteiger partial charge in [0, 0.05) is 31.1 Å². The van der Waals surface area contributed by atoms with Crippen molar-refractivity contribution in [2.24, 2.45) is 0 Å². The molecule has 0 saturated carbocycles. The Morgan fingerprint density at radius 3 is 2.48 bits per heavy atom. The quantitative estimate of drug-likeness (QED) is 0.619. The monoisotopic (exact) mass is 414 g/mol. The number of para-hydroxylation sites is 1. The predicted molar refractivity (Wildman–Crippen MR) is 109 cm³/mol. The van der Waals surface area contributed by atoms with Gasteiger partial charge in [-0.1, -0.05) is 42.8 Å². The first-order valence-electron chi connectivity index (χ1n) is 8.63. The predicted octanol–water partition coefficient (Wildman–Crippen LogP) is 5.26. The van der Waals surface area contributed by atoms with Gasteiger partial charge in [0.05, 0.1) is 5.02 Å². The van der Waals surface area contributed by atoms with Gasteiger partial charge in [0.1, 0.15) is 5.75 Å². The largest absolute Gasteiger partial charge is 0.453 e. The van der Waals surface area contributed by atoms with E-state index < -0.39 is 5.82 Å². The third-order valence-electron chi connectivity index (χ3n) is 4.08. The van der Waals surface area contributed by atoms with Crippen molar-refractivity contribution in [3.63, 3.8) is 0 Å². The molecule has 0 spiro atoms. The SMILES string of the molecule is CC[C@@H](N[C@@H](C)CC(=O)NC)c1ccc(Cl)c(Oc2ccccc2)c1F.Cl. The molecule has 2 atom stereocenters. The molecular formula is C20H25Cl2FN2O2. The van der Waals surface area contributed by atoms with Gasteiger partial charge in [0.15, 0.2) is 11.6 Å². The number of carbonyl (C=O) groups excluding carboxylic acids is 1. The number of nitrogens with one attached hydrogen (secondary N) is 2. The summed E-state index contributed by atoms with van der Waals surface area (Å²) < 4.78 is 20.8. The molecule has 7 heteroatoms. The van der Waals surface area contributed by atoms with E-state index in [0.717, 1.165) is 0 Å². The van der Waals surface area contributed by atoms with Crippen LogP contribution in [0.3, 0.4) is 0 Å². The Balaban J connectivity index is 0.00000364. The van der Waals surface area contributed by atoms with E-state index in [1.54, 1.807) is 31.3 Å². The molecule has 0 fully saturated rings. The molecule has 0 unspecified atom stereocenters. The second kappa shape index (κ2) is 11.1. The minimum Gasteiger partial charge on any atom is -0.453 e. The summed E-state index contributed by atoms with van der Waals surface area (Å²) in [5, 5.41) is 6.10. The molecule has 27 heavy (non-hydrogen) atoms. The van der Waals surface area contributed by atoms with Crippen LogP contribution < -0.4 is 15.4 Å². The van der Waals surface area contributed by atoms with E-state index in [1.165, 1.54) is 0 Å². The number of hydrogen-bond donors (Lipinski definition) is 2. The molecule has 0 aliphatic rings. The third kappa shape index (κ3) is 6.38. The minimum absolute atomic E-state index is 0. The molecule has 0 radical (unpaired) electrons. The molecule has 148 valence electrons. The van der Waals surface area contributed by atoms with E-state index in [2.05, 4.69) is 10.6 Å². The fourth-order valence-electron chi connectivity index (χ4n) is 2.73. The summed E-state index contributed by atoms with van der Waals surface area (Å²) in [6.45, 7) is 3.85. The highest BCUT2D eigenvalue weighted by molar-refractivity contribution is 6.32. The highest BCUT2D eigenvalue weighted by Crippen LogP contribution is 2.36. The van der Waals surface area contributed by atoms with Gasteiger partial charge in [-0.2, -0.15) is 0 Å². The Morgan fingerprint density at radius 1 is 1.22 bits per heavy atom. The summed E-state index contributed by atoms with van der Waals surface area (Å²) in [7, 11) is 1.60. The normalized spacial score (nSPS) is 12.6. The Labute approximate surface area is 170 Å². The van der Waals surface area contributed by atoms with E-state index in [9.17, 15) is 4.79 Å². The van der Waals surface area contributed by atoms with E-state index in [0.29, 0.717) is 24.2 Å². The Hall–Kier alpha value is -1.82. The number of ether oxygens (including phenoxy) is 1. The van der Waals surface area contributed by atoms with Crippen molar-refractivity contribution in [3.8, 4) is 11.5 Å². The van der Waals surface area contributed by atoms with E-state index >= 15 is 4.39 Å². The lowest BCUT2D eigenvalue weighted by atomic mass is 10.0. The van der Waals surface area contributed by atoms with Crippen molar-refractivity contribution in [1.29, 1.82) is 0 Å². The second-order valence-electron chi connectivity index (χ2n) is 6.10. The first-order chi connectivity index (χ1) is 12.5. The van der Waals surface area contributed by atoms with Crippen molar-refractivity contribution in [1.82, 2.24) is 10.6 Å². The third-order valence-corrected chi connectivity index (χ3v) is 4.38. The van der Waals surface area contributed by atoms with Gasteiger partial charge in [-0.15, -0.1) is 12.4 Å². The first-order valence-corrected chi connectivity index (χ1v) is 9.01. The molecule has 0 bridgehead atoms. The molecule has 0 heterocycles. The Kier molecular flexibility index (Phi) is 9.56. The van der Waals surface area contributed by atoms with Crippen LogP contribution in [0.25, 0.3) is 0 Å². The average molecular weight is 415 g/mol. The van der Waals surface area contributed by atoms with Gasteiger partial charge in [0.25, 0.3) is 0 Å². The summed E-state index contributed by atoms with van der Waals surface area (Å²) in [6, 6.07) is 11.9. The Bertz CT molecular complexity index is 744. The molecule has 0 aromatic heterocycles. The second-order valence-corrected chi connectivity index (χ2v) is 6.51. The van der Waals surface area contributed by atoms with Crippen molar-refractivity contribution < 1.29 is 13.9 Å². The van der Waals surface area contributed by atoms with E-state index in [-0.39, 0.29) is 41.2 Å². The highest BCUT2D eigenvalue weighted by atomic mass is 35.5. The minimum atomic E-state index is -0.493. The molecule has 0 aliphatic heterocycles. The molecule has 2 N–H and O–H groups in total. The van der Waals surface area contributed by atoms with Crippen molar-refractivity contribution in [2.45, 2.75) is 38.8 Å². The van der Waals surface area contributed by atoms with Crippen LogP contribution in [0.2, 0.25) is 5.02 Å². The highest BCUT2D eigenvalue weighted by Gasteiger charge is 2.22. The molecule has 2 aromatic rings. The number of halogens is 3. The van der Waals surface area contributed by atoms with Gasteiger partial charge in [-0.3, -0.25) is 4.79 Å². The zero-order valence-corrected chi connectivity index (χ0v) is 17.2. The van der Waals surface area contributed by atoms with Gasteiger partial charge in [0.2, 0.25) is 5.91 Å². The fraction of sp³-hybridized carbons (Fsp3) is 0.350. The van der Waals surface area contributed by atoms with Crippen molar-refractivity contribution in [3.05, 3.63) is 58.9 Å². The molecule has 4 nitrogen and oxygen atoms in total. The van der Waals surface area contributed by atoms with Crippen LogP contribution in [0.15, 0.2) is 42.5 Å². The lowest BCUT2D eigenvalue weighted by Gasteiger charge is -2.23. The van der Waals surface area contributed by atoms with Gasteiger partial charge >= 0.3 is 0 Å². The Morgan fingerprint density at radius 2 is 1.89 bits per heavy atom. The smallest absolute Gasteiger partial charge is 0.221 e. The van der Waals surface area contributed by atoms with Crippen LogP contribution >= 0.6 is 24.0 Å². The van der Waals surface area contributed by atoms with Crippen LogP contribution in [0.4, 0.5) is 4.39 Å². The zero-order chi connectivity index (χ0) is 19.1. The summed E-state index contributed by atoms with van der Waals surface area (Å²) in [5.74, 6) is -0.0357. The fourth-order valence-corrected chi connectivity index (χ4v) is 2.91. The van der Waals surface area contributed by atoms with Gasteiger partial charge in [-0.05, 0) is 31.5 Å². The van der Waals surface area contributed by atoms with Crippen LogP contribution in [0.5, 0.6) is 11.5 Å². The lowest BCUT2D eigenvalue weighted by Crippen LogP contribution is -2.35. The van der Waals surface area contributed by atoms with Gasteiger partial charge < -0.3 is 15.4 Å². The maximum absolute atomic E-state index is 15.1. The summed E-state index contributed by atoms with van der Waals surface area (Å²) in [6.07, 6.45) is 0.969. The summed E-state index contributed by atoms with van der Waals surface area (Å²) >= 11 is 6.15. The topological polar surface area (TPSA) is 50.4 Å². The molecule has 1 amide bonds. The molecule has 0 saturated heterocycles. The van der Waals surface area contributed by atoms with Crippen LogP contribution in [-0.2, 0) is 4.79 Å². The van der Waals surface area contributed by atoms with Crippen LogP contribution in [-0.4, -0.2) is 19.0 Å². The maximum atomic E-state index is 15.1. The molecular weight excluding hydrogens is 390 g/mol. The number of benzene rings is 2. The van der Waals surface area contributed by atoms with E-state index in [4.69, 9.17) is 16.3 Å². The first kappa shape index (κ1) is 23.2. The molecule has 2 aromatic carbocycles. The summed E-state index contributed by atoms with van der Waals surface area (Å²) in [5.41, 5.74) is 0.464. The van der Waals surface area contributed by atoms with Crippen LogP contribution in [0, 0.1) is 5.82 Å². The molecule has 0 aliphatic carbocycles. The number of rotatable bonds is 8. The zero-order valence-electron chi connectivity index (χ0n) is 15.6. The number of hydrogen-bond acceptors (Lipinski definition) is 3.